The van der Waals surface area contributed by atoms with Gasteiger partial charge < -0.3 is 15.4 Å². The van der Waals surface area contributed by atoms with Crippen LogP contribution < -0.4 is 10.5 Å². The minimum absolute atomic E-state index is 0.0175. The Morgan fingerprint density at radius 1 is 1.38 bits per heavy atom. The zero-order chi connectivity index (χ0) is 18.5. The van der Waals surface area contributed by atoms with E-state index in [9.17, 15) is 4.79 Å². The van der Waals surface area contributed by atoms with E-state index in [0.717, 1.165) is 13.0 Å². The number of likely N-dealkylation sites (N-methyl/N-ethyl adjacent to an activating group) is 1. The normalized spacial score (nSPS) is 16.9. The van der Waals surface area contributed by atoms with Crippen LogP contribution in [-0.4, -0.2) is 58.5 Å². The molecule has 1 atom stereocenters. The lowest BCUT2D eigenvalue weighted by Crippen LogP contribution is -2.38. The molecule has 0 unspecified atom stereocenters. The average Bonchev–Trinajstić information content (AvgIpc) is 3.11. The molecule has 8 heteroatoms. The standard InChI is InChI=1S/C18H22ClN5O2/c1-23(11-17-21-8-6-16(20)22-17)14-7-9-24(10-14)18(25)12-26-15-4-2-13(19)3-5-15/h2-6,8,14H,7,9-12H2,1H3,(H2,20,21,22)/t14-/m1/s1. The number of nitrogen functional groups attached to an aromatic ring is 1. The Morgan fingerprint density at radius 3 is 2.88 bits per heavy atom. The molecule has 1 aromatic heterocycles. The summed E-state index contributed by atoms with van der Waals surface area (Å²) >= 11 is 5.84. The number of hydrogen-bond donors (Lipinski definition) is 1. The third-order valence-corrected chi connectivity index (χ3v) is 4.69. The smallest absolute Gasteiger partial charge is 0.260 e. The number of ether oxygens (including phenoxy) is 1. The number of amides is 1. The van der Waals surface area contributed by atoms with Gasteiger partial charge in [-0.3, -0.25) is 9.69 Å². The van der Waals surface area contributed by atoms with Crippen LogP contribution in [0.25, 0.3) is 0 Å². The number of carbonyl (C=O) groups is 1. The van der Waals surface area contributed by atoms with Gasteiger partial charge in [0.25, 0.3) is 5.91 Å². The first kappa shape index (κ1) is 18.4. The van der Waals surface area contributed by atoms with Crippen molar-refractivity contribution in [2.75, 3.05) is 32.5 Å². The fourth-order valence-corrected chi connectivity index (χ4v) is 3.06. The van der Waals surface area contributed by atoms with E-state index < -0.39 is 0 Å². The number of hydrogen-bond acceptors (Lipinski definition) is 6. The van der Waals surface area contributed by atoms with Gasteiger partial charge >= 0.3 is 0 Å². The van der Waals surface area contributed by atoms with Gasteiger partial charge in [-0.05, 0) is 43.8 Å². The summed E-state index contributed by atoms with van der Waals surface area (Å²) in [4.78, 5) is 24.8. The number of carbonyl (C=O) groups excluding carboxylic acids is 1. The van der Waals surface area contributed by atoms with Crippen LogP contribution in [0.5, 0.6) is 5.75 Å². The van der Waals surface area contributed by atoms with E-state index in [0.29, 0.717) is 35.5 Å². The van der Waals surface area contributed by atoms with Crippen LogP contribution in [0, 0.1) is 0 Å². The minimum atomic E-state index is -0.0175. The second kappa shape index (κ2) is 8.33. The molecule has 138 valence electrons. The lowest BCUT2D eigenvalue weighted by Gasteiger charge is -2.24. The van der Waals surface area contributed by atoms with Crippen molar-refractivity contribution < 1.29 is 9.53 Å². The Bertz CT molecular complexity index is 756. The number of benzene rings is 1. The van der Waals surface area contributed by atoms with Crippen molar-refractivity contribution in [3.63, 3.8) is 0 Å². The Kier molecular flexibility index (Phi) is 5.90. The second-order valence-electron chi connectivity index (χ2n) is 6.34. The first-order valence-electron chi connectivity index (χ1n) is 8.45. The van der Waals surface area contributed by atoms with Crippen LogP contribution >= 0.6 is 11.6 Å². The van der Waals surface area contributed by atoms with Gasteiger partial charge in [-0.1, -0.05) is 11.6 Å². The zero-order valence-corrected chi connectivity index (χ0v) is 15.4. The van der Waals surface area contributed by atoms with Crippen molar-refractivity contribution >= 4 is 23.3 Å². The van der Waals surface area contributed by atoms with Crippen LogP contribution in [0.15, 0.2) is 36.5 Å². The number of rotatable bonds is 6. The molecule has 0 spiro atoms. The lowest BCUT2D eigenvalue weighted by molar-refractivity contribution is -0.132. The van der Waals surface area contributed by atoms with E-state index in [1.54, 1.807) is 36.5 Å². The number of halogens is 1. The summed E-state index contributed by atoms with van der Waals surface area (Å²) in [6.45, 7) is 2.01. The largest absolute Gasteiger partial charge is 0.484 e. The minimum Gasteiger partial charge on any atom is -0.484 e. The fraction of sp³-hybridized carbons (Fsp3) is 0.389. The second-order valence-corrected chi connectivity index (χ2v) is 6.77. The van der Waals surface area contributed by atoms with Gasteiger partial charge in [-0.15, -0.1) is 0 Å². The number of aromatic nitrogens is 2. The maximum atomic E-state index is 12.4. The van der Waals surface area contributed by atoms with Crippen molar-refractivity contribution in [1.29, 1.82) is 0 Å². The Morgan fingerprint density at radius 2 is 2.15 bits per heavy atom. The predicted octanol–water partition coefficient (Wildman–Crippen LogP) is 1.82. The third-order valence-electron chi connectivity index (χ3n) is 4.43. The van der Waals surface area contributed by atoms with Crippen LogP contribution in [0.3, 0.4) is 0 Å². The number of nitrogens with zero attached hydrogens (tertiary/aromatic N) is 4. The SMILES string of the molecule is CN(Cc1nccc(N)n1)[C@@H]1CCN(C(=O)COc2ccc(Cl)cc2)C1. The summed E-state index contributed by atoms with van der Waals surface area (Å²) in [6, 6.07) is 8.91. The van der Waals surface area contributed by atoms with Crippen molar-refractivity contribution in [3.8, 4) is 5.75 Å². The highest BCUT2D eigenvalue weighted by atomic mass is 35.5. The maximum absolute atomic E-state index is 12.4. The summed E-state index contributed by atoms with van der Waals surface area (Å²) in [5, 5.41) is 0.637. The molecule has 0 saturated carbocycles. The topological polar surface area (TPSA) is 84.6 Å². The van der Waals surface area contributed by atoms with Crippen molar-refractivity contribution in [2.45, 2.75) is 19.0 Å². The van der Waals surface area contributed by atoms with Gasteiger partial charge in [0.05, 0.1) is 6.54 Å². The van der Waals surface area contributed by atoms with Crippen molar-refractivity contribution in [3.05, 3.63) is 47.4 Å². The first-order valence-corrected chi connectivity index (χ1v) is 8.83. The summed E-state index contributed by atoms with van der Waals surface area (Å²) in [7, 11) is 2.01. The molecule has 3 rings (SSSR count). The molecule has 1 aromatic carbocycles. The van der Waals surface area contributed by atoms with E-state index in [1.165, 1.54) is 0 Å². The first-order chi connectivity index (χ1) is 12.5. The Hall–Kier alpha value is -2.38. The zero-order valence-electron chi connectivity index (χ0n) is 14.6. The molecule has 0 aliphatic carbocycles. The van der Waals surface area contributed by atoms with Crippen LogP contribution in [0.4, 0.5) is 5.82 Å². The van der Waals surface area contributed by atoms with Gasteiger partial charge in [0.2, 0.25) is 0 Å². The van der Waals surface area contributed by atoms with Gasteiger partial charge in [-0.2, -0.15) is 0 Å². The van der Waals surface area contributed by atoms with Gasteiger partial charge in [0, 0.05) is 30.4 Å². The molecule has 2 heterocycles. The fourth-order valence-electron chi connectivity index (χ4n) is 2.94. The summed E-state index contributed by atoms with van der Waals surface area (Å²) < 4.78 is 5.54. The highest BCUT2D eigenvalue weighted by molar-refractivity contribution is 6.30. The number of likely N-dealkylation sites (tertiary alicyclic amines) is 1. The molecule has 2 aromatic rings. The molecule has 0 radical (unpaired) electrons. The summed E-state index contributed by atoms with van der Waals surface area (Å²) in [5.74, 6) is 1.76. The van der Waals surface area contributed by atoms with Gasteiger partial charge in [0.1, 0.15) is 17.4 Å². The van der Waals surface area contributed by atoms with E-state index in [2.05, 4.69) is 14.9 Å². The highest BCUT2D eigenvalue weighted by Gasteiger charge is 2.29. The van der Waals surface area contributed by atoms with E-state index in [4.69, 9.17) is 22.1 Å². The van der Waals surface area contributed by atoms with Crippen molar-refractivity contribution in [2.24, 2.45) is 0 Å². The highest BCUT2D eigenvalue weighted by Crippen LogP contribution is 2.18. The maximum Gasteiger partial charge on any atom is 0.260 e. The Balaban J connectivity index is 1.47. The van der Waals surface area contributed by atoms with Crippen LogP contribution in [0.2, 0.25) is 5.02 Å². The molecule has 2 N–H and O–H groups in total. The molecule has 1 aliphatic rings. The molecular weight excluding hydrogens is 354 g/mol. The summed E-state index contributed by atoms with van der Waals surface area (Å²) in [6.07, 6.45) is 2.57. The summed E-state index contributed by atoms with van der Waals surface area (Å²) in [5.41, 5.74) is 5.70. The monoisotopic (exact) mass is 375 g/mol. The van der Waals surface area contributed by atoms with Crippen LogP contribution in [0.1, 0.15) is 12.2 Å². The number of anilines is 1. The molecule has 7 nitrogen and oxygen atoms in total. The van der Waals surface area contributed by atoms with Gasteiger partial charge in [-0.25, -0.2) is 9.97 Å². The third kappa shape index (κ3) is 4.83. The van der Waals surface area contributed by atoms with Crippen molar-refractivity contribution in [1.82, 2.24) is 19.8 Å². The van der Waals surface area contributed by atoms with Crippen LogP contribution in [-0.2, 0) is 11.3 Å². The lowest BCUT2D eigenvalue weighted by atomic mass is 10.2. The molecule has 1 fully saturated rings. The average molecular weight is 376 g/mol. The number of nitrogens with two attached hydrogens (primary N) is 1. The van der Waals surface area contributed by atoms with E-state index in [-0.39, 0.29) is 18.6 Å². The molecule has 1 saturated heterocycles. The van der Waals surface area contributed by atoms with E-state index in [1.807, 2.05) is 11.9 Å². The molecule has 1 aliphatic heterocycles. The Labute approximate surface area is 157 Å². The molecule has 26 heavy (non-hydrogen) atoms. The van der Waals surface area contributed by atoms with Gasteiger partial charge in [0.15, 0.2) is 6.61 Å². The van der Waals surface area contributed by atoms with E-state index >= 15 is 0 Å². The molecular formula is C18H22ClN5O2. The predicted molar refractivity (Wildman–Crippen MR) is 99.8 cm³/mol. The quantitative estimate of drug-likeness (QED) is 0.829. The molecule has 1 amide bonds. The molecule has 0 bridgehead atoms.